The highest BCUT2D eigenvalue weighted by Gasteiger charge is 2.21. The van der Waals surface area contributed by atoms with Crippen LogP contribution in [0.5, 0.6) is 23.0 Å². The van der Waals surface area contributed by atoms with Gasteiger partial charge in [0.1, 0.15) is 23.0 Å². The molecule has 3 aromatic rings. The Hall–Kier alpha value is -3.84. The lowest BCUT2D eigenvalue weighted by Crippen LogP contribution is -2.40. The number of benzene rings is 3. The van der Waals surface area contributed by atoms with Gasteiger partial charge in [-0.2, -0.15) is 0 Å². The van der Waals surface area contributed by atoms with Gasteiger partial charge in [-0.05, 0) is 74.2 Å². The number of nitrogens with two attached hydrogens (primary N) is 2. The van der Waals surface area contributed by atoms with Crippen LogP contribution in [0.1, 0.15) is 46.4 Å². The predicted molar refractivity (Wildman–Crippen MR) is 126 cm³/mol. The van der Waals surface area contributed by atoms with Crippen molar-refractivity contribution in [3.63, 3.8) is 0 Å². The van der Waals surface area contributed by atoms with Gasteiger partial charge in [0.2, 0.25) is 5.91 Å². The summed E-state index contributed by atoms with van der Waals surface area (Å²) in [4.78, 5) is 24.3. The van der Waals surface area contributed by atoms with Gasteiger partial charge in [0, 0.05) is 29.3 Å². The molecule has 1 aliphatic rings. The molecule has 0 radical (unpaired) electrons. The summed E-state index contributed by atoms with van der Waals surface area (Å²) in [6.07, 6.45) is 3.53. The topological polar surface area (TPSA) is 117 Å². The van der Waals surface area contributed by atoms with E-state index in [1.165, 1.54) is 0 Å². The molecule has 0 aromatic heterocycles. The Kier molecular flexibility index (Phi) is 6.90. The summed E-state index contributed by atoms with van der Waals surface area (Å²) in [5.41, 5.74) is 12.1. The van der Waals surface area contributed by atoms with Crippen molar-refractivity contribution in [2.24, 2.45) is 11.5 Å². The zero-order valence-corrected chi connectivity index (χ0v) is 18.2. The molecule has 7 heteroatoms. The maximum Gasteiger partial charge on any atom is 0.251 e. The van der Waals surface area contributed by atoms with Crippen LogP contribution in [0.25, 0.3) is 0 Å². The van der Waals surface area contributed by atoms with Crippen molar-refractivity contribution in [3.8, 4) is 23.0 Å². The van der Waals surface area contributed by atoms with Crippen molar-refractivity contribution in [1.82, 2.24) is 5.32 Å². The standard InChI is InChI=1S/C26H27N3O4/c27-19-8-10-20(11-9-19)29-26(31)18-14-23(32-21-4-2-1-3-5-21)16-24(15-18)33-22-12-6-17(7-13-22)25(28)30/h1-7,12-16,19-20H,8-11,27H2,(H2,28,30)(H,29,31). The van der Waals surface area contributed by atoms with Gasteiger partial charge in [0.15, 0.2) is 0 Å². The summed E-state index contributed by atoms with van der Waals surface area (Å²) in [6, 6.07) is 21.2. The Bertz CT molecular complexity index is 1110. The normalized spacial score (nSPS) is 17.7. The molecule has 0 unspecified atom stereocenters. The van der Waals surface area contributed by atoms with Crippen molar-refractivity contribution in [2.75, 3.05) is 0 Å². The molecular formula is C26H27N3O4. The quantitative estimate of drug-likeness (QED) is 0.499. The second kappa shape index (κ2) is 10.2. The molecule has 2 amide bonds. The van der Waals surface area contributed by atoms with E-state index in [-0.39, 0.29) is 18.0 Å². The predicted octanol–water partition coefficient (Wildman–Crippen LogP) is 4.37. The molecule has 7 nitrogen and oxygen atoms in total. The molecular weight excluding hydrogens is 418 g/mol. The van der Waals surface area contributed by atoms with Crippen LogP contribution in [0.3, 0.4) is 0 Å². The number of nitrogens with one attached hydrogen (secondary N) is 1. The van der Waals surface area contributed by atoms with Gasteiger partial charge < -0.3 is 26.3 Å². The van der Waals surface area contributed by atoms with Crippen molar-refractivity contribution < 1.29 is 19.1 Å². The van der Waals surface area contributed by atoms with Crippen molar-refractivity contribution in [3.05, 3.63) is 83.9 Å². The maximum atomic E-state index is 13.0. The first-order valence-corrected chi connectivity index (χ1v) is 11.0. The smallest absolute Gasteiger partial charge is 0.251 e. The average Bonchev–Trinajstić information content (AvgIpc) is 2.81. The third kappa shape index (κ3) is 6.11. The zero-order valence-electron chi connectivity index (χ0n) is 18.2. The minimum Gasteiger partial charge on any atom is -0.457 e. The fourth-order valence-electron chi connectivity index (χ4n) is 3.80. The number of primary amides is 1. The summed E-state index contributed by atoms with van der Waals surface area (Å²) in [5, 5.41) is 3.10. The van der Waals surface area contributed by atoms with E-state index in [2.05, 4.69) is 5.32 Å². The van der Waals surface area contributed by atoms with Crippen LogP contribution in [0.15, 0.2) is 72.8 Å². The molecule has 4 rings (SSSR count). The van der Waals surface area contributed by atoms with Crippen molar-refractivity contribution in [2.45, 2.75) is 37.8 Å². The van der Waals surface area contributed by atoms with E-state index in [1.54, 1.807) is 42.5 Å². The van der Waals surface area contributed by atoms with Crippen LogP contribution in [0.2, 0.25) is 0 Å². The summed E-state index contributed by atoms with van der Waals surface area (Å²) in [5.74, 6) is 1.36. The monoisotopic (exact) mass is 445 g/mol. The van der Waals surface area contributed by atoms with Crippen LogP contribution in [0.4, 0.5) is 0 Å². The third-order valence-electron chi connectivity index (χ3n) is 5.60. The minimum absolute atomic E-state index is 0.0988. The van der Waals surface area contributed by atoms with Gasteiger partial charge in [-0.3, -0.25) is 9.59 Å². The highest BCUT2D eigenvalue weighted by Crippen LogP contribution is 2.31. The van der Waals surface area contributed by atoms with Crippen molar-refractivity contribution in [1.29, 1.82) is 0 Å². The molecule has 0 atom stereocenters. The van der Waals surface area contributed by atoms with E-state index in [0.717, 1.165) is 25.7 Å². The van der Waals surface area contributed by atoms with Gasteiger partial charge in [-0.15, -0.1) is 0 Å². The lowest BCUT2D eigenvalue weighted by Gasteiger charge is -2.26. The van der Waals surface area contributed by atoms with Gasteiger partial charge in [-0.1, -0.05) is 18.2 Å². The van der Waals surface area contributed by atoms with Crippen LogP contribution in [0, 0.1) is 0 Å². The summed E-state index contributed by atoms with van der Waals surface area (Å²) in [6.45, 7) is 0. The van der Waals surface area contributed by atoms with E-state index in [4.69, 9.17) is 20.9 Å². The molecule has 1 saturated carbocycles. The van der Waals surface area contributed by atoms with E-state index >= 15 is 0 Å². The van der Waals surface area contributed by atoms with Crippen LogP contribution < -0.4 is 26.3 Å². The number of carbonyl (C=O) groups excluding carboxylic acids is 2. The largest absolute Gasteiger partial charge is 0.457 e. The second-order valence-corrected chi connectivity index (χ2v) is 8.18. The SMILES string of the molecule is NC(=O)c1ccc(Oc2cc(Oc3ccccc3)cc(C(=O)NC3CCC(N)CC3)c2)cc1. The number of hydrogen-bond donors (Lipinski definition) is 3. The zero-order chi connectivity index (χ0) is 23.2. The molecule has 0 heterocycles. The Morgan fingerprint density at radius 1 is 0.727 bits per heavy atom. The summed E-state index contributed by atoms with van der Waals surface area (Å²) >= 11 is 0. The number of amides is 2. The Morgan fingerprint density at radius 2 is 1.30 bits per heavy atom. The minimum atomic E-state index is -0.512. The lowest BCUT2D eigenvalue weighted by atomic mass is 9.91. The van der Waals surface area contributed by atoms with Crippen LogP contribution >= 0.6 is 0 Å². The highest BCUT2D eigenvalue weighted by molar-refractivity contribution is 5.95. The molecule has 0 bridgehead atoms. The van der Waals surface area contributed by atoms with Crippen LogP contribution in [-0.4, -0.2) is 23.9 Å². The molecule has 1 aliphatic carbocycles. The summed E-state index contributed by atoms with van der Waals surface area (Å²) in [7, 11) is 0. The molecule has 3 aromatic carbocycles. The molecule has 5 N–H and O–H groups in total. The molecule has 0 spiro atoms. The molecule has 33 heavy (non-hydrogen) atoms. The molecule has 1 fully saturated rings. The lowest BCUT2D eigenvalue weighted by molar-refractivity contribution is 0.0924. The van der Waals surface area contributed by atoms with Gasteiger partial charge in [0.05, 0.1) is 0 Å². The first-order chi connectivity index (χ1) is 16.0. The molecule has 0 aliphatic heterocycles. The second-order valence-electron chi connectivity index (χ2n) is 8.18. The Labute approximate surface area is 192 Å². The van der Waals surface area contributed by atoms with Crippen LogP contribution in [-0.2, 0) is 0 Å². The van der Waals surface area contributed by atoms with E-state index in [9.17, 15) is 9.59 Å². The van der Waals surface area contributed by atoms with Gasteiger partial charge >= 0.3 is 0 Å². The summed E-state index contributed by atoms with van der Waals surface area (Å²) < 4.78 is 11.9. The fraction of sp³-hybridized carbons (Fsp3) is 0.231. The van der Waals surface area contributed by atoms with Gasteiger partial charge in [-0.25, -0.2) is 0 Å². The Balaban J connectivity index is 1.57. The first-order valence-electron chi connectivity index (χ1n) is 11.0. The Morgan fingerprint density at radius 3 is 1.88 bits per heavy atom. The van der Waals surface area contributed by atoms with Crippen molar-refractivity contribution >= 4 is 11.8 Å². The fourth-order valence-corrected chi connectivity index (χ4v) is 3.80. The van der Waals surface area contributed by atoms with E-state index in [1.807, 2.05) is 30.3 Å². The highest BCUT2D eigenvalue weighted by atomic mass is 16.5. The third-order valence-corrected chi connectivity index (χ3v) is 5.60. The van der Waals surface area contributed by atoms with E-state index in [0.29, 0.717) is 34.1 Å². The first kappa shape index (κ1) is 22.4. The number of rotatable bonds is 7. The number of carbonyl (C=O) groups is 2. The maximum absolute atomic E-state index is 13.0. The molecule has 0 saturated heterocycles. The number of ether oxygens (including phenoxy) is 2. The number of para-hydroxylation sites is 1. The van der Waals surface area contributed by atoms with Gasteiger partial charge in [0.25, 0.3) is 5.91 Å². The average molecular weight is 446 g/mol. The molecule has 170 valence electrons. The number of hydrogen-bond acceptors (Lipinski definition) is 5. The van der Waals surface area contributed by atoms with E-state index < -0.39 is 5.91 Å².